The van der Waals surface area contributed by atoms with Crippen molar-refractivity contribution in [2.24, 2.45) is 5.92 Å². The monoisotopic (exact) mass is 344 g/mol. The van der Waals surface area contributed by atoms with E-state index in [-0.39, 0.29) is 18.1 Å². The number of carbonyl (C=O) groups excluding carboxylic acids is 1. The van der Waals surface area contributed by atoms with E-state index in [2.05, 4.69) is 26.6 Å². The lowest BCUT2D eigenvalue weighted by atomic mass is 10.1. The average Bonchev–Trinajstić information content (AvgIpc) is 2.36. The van der Waals surface area contributed by atoms with Crippen LogP contribution in [-0.4, -0.2) is 30.9 Å². The Kier molecular flexibility index (Phi) is 6.81. The van der Waals surface area contributed by atoms with Crippen molar-refractivity contribution in [1.29, 1.82) is 0 Å². The number of hydrogen-bond acceptors (Lipinski definition) is 3. The highest BCUT2D eigenvalue weighted by Gasteiger charge is 2.10. The Labute approximate surface area is 127 Å². The Morgan fingerprint density at radius 1 is 1.45 bits per heavy atom. The first-order chi connectivity index (χ1) is 9.42. The van der Waals surface area contributed by atoms with Gasteiger partial charge >= 0.3 is 6.03 Å². The van der Waals surface area contributed by atoms with E-state index >= 15 is 0 Å². The van der Waals surface area contributed by atoms with Crippen molar-refractivity contribution < 1.29 is 14.6 Å². The molecule has 0 spiro atoms. The number of carbonyl (C=O) groups is 1. The Hall–Kier alpha value is -1.27. The third-order valence-corrected chi connectivity index (χ3v) is 3.26. The van der Waals surface area contributed by atoms with Gasteiger partial charge in [-0.2, -0.15) is 0 Å². The first-order valence-corrected chi connectivity index (χ1v) is 7.28. The van der Waals surface area contributed by atoms with Gasteiger partial charge in [0.1, 0.15) is 5.75 Å². The maximum atomic E-state index is 11.8. The molecule has 1 aromatic carbocycles. The van der Waals surface area contributed by atoms with Crippen molar-refractivity contribution >= 4 is 27.6 Å². The molecule has 2 atom stereocenters. The quantitative estimate of drug-likeness (QED) is 0.742. The molecule has 3 N–H and O–H groups in total. The van der Waals surface area contributed by atoms with Crippen LogP contribution in [0.5, 0.6) is 5.75 Å². The lowest BCUT2D eigenvalue weighted by molar-refractivity contribution is 0.163. The smallest absolute Gasteiger partial charge is 0.319 e. The van der Waals surface area contributed by atoms with E-state index in [1.54, 1.807) is 26.2 Å². The number of nitrogens with one attached hydrogen (secondary N) is 2. The highest BCUT2D eigenvalue weighted by molar-refractivity contribution is 9.10. The SMILES string of the molecule is COc1ccc(Br)cc1NC(=O)NC[C@@H](C)C[C@@H](C)O. The van der Waals surface area contributed by atoms with Gasteiger partial charge in [-0.1, -0.05) is 22.9 Å². The zero-order valence-corrected chi connectivity index (χ0v) is 13.5. The number of hydrogen-bond donors (Lipinski definition) is 3. The summed E-state index contributed by atoms with van der Waals surface area (Å²) < 4.78 is 6.04. The molecule has 1 aromatic rings. The van der Waals surface area contributed by atoms with Crippen molar-refractivity contribution in [3.8, 4) is 5.75 Å². The second-order valence-corrected chi connectivity index (χ2v) is 5.79. The molecule has 2 amide bonds. The molecule has 0 radical (unpaired) electrons. The van der Waals surface area contributed by atoms with Gasteiger partial charge in [0.15, 0.2) is 0 Å². The summed E-state index contributed by atoms with van der Waals surface area (Å²) in [6.07, 6.45) is 0.292. The van der Waals surface area contributed by atoms with Gasteiger partial charge in [-0.3, -0.25) is 0 Å². The number of benzene rings is 1. The van der Waals surface area contributed by atoms with Crippen molar-refractivity contribution in [3.05, 3.63) is 22.7 Å². The van der Waals surface area contributed by atoms with Crippen molar-refractivity contribution in [3.63, 3.8) is 0 Å². The largest absolute Gasteiger partial charge is 0.495 e. The number of rotatable bonds is 6. The van der Waals surface area contributed by atoms with Crippen LogP contribution in [-0.2, 0) is 0 Å². The summed E-state index contributed by atoms with van der Waals surface area (Å²) in [5, 5.41) is 14.8. The molecule has 0 heterocycles. The maximum absolute atomic E-state index is 11.8. The normalized spacial score (nSPS) is 13.4. The number of halogens is 1. The zero-order chi connectivity index (χ0) is 15.1. The van der Waals surface area contributed by atoms with Crippen LogP contribution in [0.15, 0.2) is 22.7 Å². The molecule has 112 valence electrons. The summed E-state index contributed by atoms with van der Waals surface area (Å²) in [7, 11) is 1.55. The third-order valence-electron chi connectivity index (χ3n) is 2.76. The molecule has 0 aromatic heterocycles. The predicted octanol–water partition coefficient (Wildman–Crippen LogP) is 2.99. The fourth-order valence-corrected chi connectivity index (χ4v) is 2.24. The lowest BCUT2D eigenvalue weighted by Crippen LogP contribution is -2.33. The number of anilines is 1. The molecule has 0 fully saturated rings. The highest BCUT2D eigenvalue weighted by Crippen LogP contribution is 2.27. The van der Waals surface area contributed by atoms with E-state index in [4.69, 9.17) is 4.74 Å². The molecule has 0 saturated carbocycles. The van der Waals surface area contributed by atoms with Crippen molar-refractivity contribution in [2.45, 2.75) is 26.4 Å². The number of urea groups is 1. The maximum Gasteiger partial charge on any atom is 0.319 e. The molecule has 0 aliphatic rings. The van der Waals surface area contributed by atoms with Gasteiger partial charge < -0.3 is 20.5 Å². The number of aliphatic hydroxyl groups excluding tert-OH is 1. The molecule has 0 aliphatic heterocycles. The van der Waals surface area contributed by atoms with Crippen LogP contribution in [0, 0.1) is 5.92 Å². The minimum atomic E-state index is -0.361. The molecule has 5 nitrogen and oxygen atoms in total. The van der Waals surface area contributed by atoms with E-state index in [9.17, 15) is 9.90 Å². The van der Waals surface area contributed by atoms with Gasteiger partial charge in [-0.25, -0.2) is 4.79 Å². The van der Waals surface area contributed by atoms with Gasteiger partial charge in [-0.15, -0.1) is 0 Å². The van der Waals surface area contributed by atoms with Gasteiger partial charge in [0.05, 0.1) is 18.9 Å². The molecule has 0 saturated heterocycles. The molecular formula is C14H21BrN2O3. The van der Waals surface area contributed by atoms with Crippen LogP contribution >= 0.6 is 15.9 Å². The summed E-state index contributed by atoms with van der Waals surface area (Å²) in [4.78, 5) is 11.8. The van der Waals surface area contributed by atoms with E-state index in [0.717, 1.165) is 4.47 Å². The van der Waals surface area contributed by atoms with Crippen LogP contribution in [0.3, 0.4) is 0 Å². The predicted molar refractivity (Wildman–Crippen MR) is 83.2 cm³/mol. The van der Waals surface area contributed by atoms with E-state index in [0.29, 0.717) is 24.4 Å². The van der Waals surface area contributed by atoms with E-state index in [1.807, 2.05) is 13.0 Å². The molecule has 20 heavy (non-hydrogen) atoms. The number of methoxy groups -OCH3 is 1. The Morgan fingerprint density at radius 3 is 2.75 bits per heavy atom. The summed E-state index contributed by atoms with van der Waals surface area (Å²) in [6, 6.07) is 5.10. The third kappa shape index (κ3) is 5.79. The fraction of sp³-hybridized carbons (Fsp3) is 0.500. The number of amides is 2. The first kappa shape index (κ1) is 16.8. The molecule has 0 bridgehead atoms. The standard InChI is InChI=1S/C14H21BrN2O3/c1-9(6-10(2)18)8-16-14(19)17-12-7-11(15)4-5-13(12)20-3/h4-5,7,9-10,18H,6,8H2,1-3H3,(H2,16,17,19)/t9-,10+/m0/s1. The van der Waals surface area contributed by atoms with Crippen LogP contribution in [0.4, 0.5) is 10.5 Å². The summed E-state index contributed by atoms with van der Waals surface area (Å²) in [5.41, 5.74) is 0.600. The lowest BCUT2D eigenvalue weighted by Gasteiger charge is -2.15. The Morgan fingerprint density at radius 2 is 2.15 bits per heavy atom. The summed E-state index contributed by atoms with van der Waals surface area (Å²) >= 11 is 3.35. The van der Waals surface area contributed by atoms with Gasteiger partial charge in [0.25, 0.3) is 0 Å². The van der Waals surface area contributed by atoms with E-state index in [1.165, 1.54) is 0 Å². The average molecular weight is 345 g/mol. The van der Waals surface area contributed by atoms with Crippen LogP contribution < -0.4 is 15.4 Å². The Bertz CT molecular complexity index is 452. The number of aliphatic hydroxyl groups is 1. The van der Waals surface area contributed by atoms with Gasteiger partial charge in [-0.05, 0) is 37.5 Å². The zero-order valence-electron chi connectivity index (χ0n) is 11.9. The van der Waals surface area contributed by atoms with Crippen molar-refractivity contribution in [1.82, 2.24) is 5.32 Å². The highest BCUT2D eigenvalue weighted by atomic mass is 79.9. The number of ether oxygens (including phenoxy) is 1. The van der Waals surface area contributed by atoms with Gasteiger partial charge in [0.2, 0.25) is 0 Å². The van der Waals surface area contributed by atoms with Crippen molar-refractivity contribution in [2.75, 3.05) is 19.0 Å². The second-order valence-electron chi connectivity index (χ2n) is 4.87. The summed E-state index contributed by atoms with van der Waals surface area (Å²) in [6.45, 7) is 4.22. The first-order valence-electron chi connectivity index (χ1n) is 6.48. The van der Waals surface area contributed by atoms with Gasteiger partial charge in [0, 0.05) is 11.0 Å². The Balaban J connectivity index is 2.52. The molecule has 0 unspecified atom stereocenters. The summed E-state index contributed by atoms with van der Waals surface area (Å²) in [5.74, 6) is 0.811. The minimum absolute atomic E-state index is 0.213. The molecular weight excluding hydrogens is 324 g/mol. The van der Waals surface area contributed by atoms with E-state index < -0.39 is 0 Å². The topological polar surface area (TPSA) is 70.6 Å². The van der Waals surface area contributed by atoms with Crippen LogP contribution in [0.2, 0.25) is 0 Å². The minimum Gasteiger partial charge on any atom is -0.495 e. The molecule has 1 rings (SSSR count). The fourth-order valence-electron chi connectivity index (χ4n) is 1.88. The second kappa shape index (κ2) is 8.11. The molecule has 6 heteroatoms. The van der Waals surface area contributed by atoms with Crippen LogP contribution in [0.25, 0.3) is 0 Å². The van der Waals surface area contributed by atoms with Crippen LogP contribution in [0.1, 0.15) is 20.3 Å². The molecule has 0 aliphatic carbocycles.